The SMILES string of the molecule is CCc1ncnc(NCCc2ccc(F)cc2C)c1F. The van der Waals surface area contributed by atoms with E-state index in [-0.39, 0.29) is 11.6 Å². The van der Waals surface area contributed by atoms with Crippen molar-refractivity contribution in [2.45, 2.75) is 26.7 Å². The second kappa shape index (κ2) is 6.41. The largest absolute Gasteiger partial charge is 0.367 e. The second-order valence-electron chi connectivity index (χ2n) is 4.58. The first-order chi connectivity index (χ1) is 9.61. The van der Waals surface area contributed by atoms with Gasteiger partial charge >= 0.3 is 0 Å². The Bertz CT molecular complexity index is 600. The summed E-state index contributed by atoms with van der Waals surface area (Å²) in [5.74, 6) is -0.420. The average molecular weight is 277 g/mol. The quantitative estimate of drug-likeness (QED) is 0.911. The molecule has 1 heterocycles. The third kappa shape index (κ3) is 3.29. The molecule has 2 rings (SSSR count). The lowest BCUT2D eigenvalue weighted by Gasteiger charge is -2.09. The van der Waals surface area contributed by atoms with E-state index >= 15 is 0 Å². The van der Waals surface area contributed by atoms with Crippen molar-refractivity contribution in [1.29, 1.82) is 0 Å². The van der Waals surface area contributed by atoms with Crippen molar-refractivity contribution in [3.63, 3.8) is 0 Å². The lowest BCUT2D eigenvalue weighted by Crippen LogP contribution is -2.10. The van der Waals surface area contributed by atoms with Gasteiger partial charge < -0.3 is 5.32 Å². The molecule has 0 aliphatic heterocycles. The first-order valence-electron chi connectivity index (χ1n) is 6.60. The molecule has 3 nitrogen and oxygen atoms in total. The molecule has 0 bridgehead atoms. The molecule has 1 aromatic carbocycles. The van der Waals surface area contributed by atoms with Crippen molar-refractivity contribution in [1.82, 2.24) is 9.97 Å². The van der Waals surface area contributed by atoms with Gasteiger partial charge in [-0.05, 0) is 43.0 Å². The van der Waals surface area contributed by atoms with Gasteiger partial charge in [-0.25, -0.2) is 18.7 Å². The monoisotopic (exact) mass is 277 g/mol. The molecule has 0 saturated heterocycles. The van der Waals surface area contributed by atoms with Gasteiger partial charge in [0.05, 0.1) is 5.69 Å². The number of benzene rings is 1. The lowest BCUT2D eigenvalue weighted by molar-refractivity contribution is 0.596. The van der Waals surface area contributed by atoms with Crippen LogP contribution in [-0.2, 0) is 12.8 Å². The zero-order valence-electron chi connectivity index (χ0n) is 11.6. The van der Waals surface area contributed by atoms with Gasteiger partial charge in [-0.15, -0.1) is 0 Å². The average Bonchev–Trinajstić information content (AvgIpc) is 2.43. The molecule has 0 amide bonds. The van der Waals surface area contributed by atoms with Crippen molar-refractivity contribution in [2.75, 3.05) is 11.9 Å². The summed E-state index contributed by atoms with van der Waals surface area (Å²) in [5, 5.41) is 2.96. The smallest absolute Gasteiger partial charge is 0.186 e. The fourth-order valence-electron chi connectivity index (χ4n) is 2.03. The van der Waals surface area contributed by atoms with Gasteiger partial charge in [0, 0.05) is 6.54 Å². The maximum atomic E-state index is 13.9. The van der Waals surface area contributed by atoms with Crippen LogP contribution < -0.4 is 5.32 Å². The first-order valence-corrected chi connectivity index (χ1v) is 6.60. The molecule has 0 unspecified atom stereocenters. The molecule has 0 atom stereocenters. The van der Waals surface area contributed by atoms with Gasteiger partial charge in [0.1, 0.15) is 12.1 Å². The van der Waals surface area contributed by atoms with E-state index in [1.807, 2.05) is 13.8 Å². The normalized spacial score (nSPS) is 10.6. The molecule has 0 aliphatic rings. The predicted molar refractivity (Wildman–Crippen MR) is 74.7 cm³/mol. The Labute approximate surface area is 117 Å². The van der Waals surface area contributed by atoms with Crippen LogP contribution in [0.5, 0.6) is 0 Å². The predicted octanol–water partition coefficient (Wildman–Crippen LogP) is 3.28. The number of hydrogen-bond acceptors (Lipinski definition) is 3. The second-order valence-corrected chi connectivity index (χ2v) is 4.58. The topological polar surface area (TPSA) is 37.8 Å². The fourth-order valence-corrected chi connectivity index (χ4v) is 2.03. The van der Waals surface area contributed by atoms with E-state index in [2.05, 4.69) is 15.3 Å². The minimum atomic E-state index is -0.397. The van der Waals surface area contributed by atoms with Gasteiger partial charge in [-0.2, -0.15) is 0 Å². The van der Waals surface area contributed by atoms with Gasteiger partial charge in [0.2, 0.25) is 0 Å². The van der Waals surface area contributed by atoms with Crippen LogP contribution in [0, 0.1) is 18.6 Å². The van der Waals surface area contributed by atoms with E-state index in [0.29, 0.717) is 25.1 Å². The molecule has 0 fully saturated rings. The van der Waals surface area contributed by atoms with Crippen molar-refractivity contribution >= 4 is 5.82 Å². The van der Waals surface area contributed by atoms with Crippen LogP contribution in [-0.4, -0.2) is 16.5 Å². The van der Waals surface area contributed by atoms with E-state index in [4.69, 9.17) is 0 Å². The number of hydrogen-bond donors (Lipinski definition) is 1. The van der Waals surface area contributed by atoms with Crippen LogP contribution in [0.3, 0.4) is 0 Å². The summed E-state index contributed by atoms with van der Waals surface area (Å²) in [6.07, 6.45) is 2.56. The summed E-state index contributed by atoms with van der Waals surface area (Å²) in [5.41, 5.74) is 2.33. The van der Waals surface area contributed by atoms with E-state index in [1.165, 1.54) is 18.5 Å². The molecule has 5 heteroatoms. The van der Waals surface area contributed by atoms with Gasteiger partial charge in [0.15, 0.2) is 11.6 Å². The molecule has 1 aromatic heterocycles. The minimum absolute atomic E-state index is 0.219. The highest BCUT2D eigenvalue weighted by atomic mass is 19.1. The minimum Gasteiger partial charge on any atom is -0.367 e. The molecule has 0 saturated carbocycles. The van der Waals surface area contributed by atoms with Crippen LogP contribution in [0.1, 0.15) is 23.7 Å². The molecule has 0 aliphatic carbocycles. The molecule has 20 heavy (non-hydrogen) atoms. The number of halogens is 2. The zero-order valence-corrected chi connectivity index (χ0v) is 11.6. The molecule has 1 N–H and O–H groups in total. The Morgan fingerprint density at radius 3 is 2.70 bits per heavy atom. The number of rotatable bonds is 5. The Balaban J connectivity index is 1.99. The van der Waals surface area contributed by atoms with Crippen molar-refractivity contribution in [2.24, 2.45) is 0 Å². The van der Waals surface area contributed by atoms with Crippen molar-refractivity contribution in [3.8, 4) is 0 Å². The van der Waals surface area contributed by atoms with E-state index in [0.717, 1.165) is 11.1 Å². The van der Waals surface area contributed by atoms with Crippen LogP contribution >= 0.6 is 0 Å². The van der Waals surface area contributed by atoms with E-state index < -0.39 is 5.82 Å². The standard InChI is InChI=1S/C15H17F2N3/c1-3-13-14(17)15(20-9-19-13)18-7-6-11-4-5-12(16)8-10(11)2/h4-5,8-9H,3,6-7H2,1-2H3,(H,18,19,20). The maximum absolute atomic E-state index is 13.9. The lowest BCUT2D eigenvalue weighted by atomic mass is 10.1. The van der Waals surface area contributed by atoms with E-state index in [1.54, 1.807) is 6.07 Å². The summed E-state index contributed by atoms with van der Waals surface area (Å²) in [7, 11) is 0. The molecule has 106 valence electrons. The van der Waals surface area contributed by atoms with Crippen LogP contribution in [0.4, 0.5) is 14.6 Å². The molecular weight excluding hydrogens is 260 g/mol. The first kappa shape index (κ1) is 14.4. The zero-order chi connectivity index (χ0) is 14.5. The molecular formula is C15H17F2N3. The van der Waals surface area contributed by atoms with Crippen molar-refractivity contribution < 1.29 is 8.78 Å². The number of aromatic nitrogens is 2. The van der Waals surface area contributed by atoms with Gasteiger partial charge in [0.25, 0.3) is 0 Å². The Morgan fingerprint density at radius 1 is 1.20 bits per heavy atom. The summed E-state index contributed by atoms with van der Waals surface area (Å²) in [6, 6.07) is 4.68. The number of nitrogens with one attached hydrogen (secondary N) is 1. The Hall–Kier alpha value is -2.04. The van der Waals surface area contributed by atoms with Gasteiger partial charge in [-0.3, -0.25) is 0 Å². The molecule has 0 radical (unpaired) electrons. The number of aryl methyl sites for hydroxylation is 2. The highest BCUT2D eigenvalue weighted by Gasteiger charge is 2.09. The Morgan fingerprint density at radius 2 is 2.00 bits per heavy atom. The molecule has 0 spiro atoms. The summed E-state index contributed by atoms with van der Waals surface area (Å²) in [6.45, 7) is 4.24. The third-order valence-corrected chi connectivity index (χ3v) is 3.19. The Kier molecular flexibility index (Phi) is 4.61. The van der Waals surface area contributed by atoms with Gasteiger partial charge in [-0.1, -0.05) is 13.0 Å². The van der Waals surface area contributed by atoms with Crippen LogP contribution in [0.25, 0.3) is 0 Å². The van der Waals surface area contributed by atoms with Crippen LogP contribution in [0.2, 0.25) is 0 Å². The number of nitrogens with zero attached hydrogens (tertiary/aromatic N) is 2. The summed E-state index contributed by atoms with van der Waals surface area (Å²) in [4.78, 5) is 7.78. The molecule has 2 aromatic rings. The summed E-state index contributed by atoms with van der Waals surface area (Å²) < 4.78 is 26.9. The van der Waals surface area contributed by atoms with Crippen LogP contribution in [0.15, 0.2) is 24.5 Å². The maximum Gasteiger partial charge on any atom is 0.186 e. The highest BCUT2D eigenvalue weighted by molar-refractivity contribution is 5.38. The summed E-state index contributed by atoms with van der Waals surface area (Å²) >= 11 is 0. The van der Waals surface area contributed by atoms with Crippen molar-refractivity contribution in [3.05, 3.63) is 53.0 Å². The number of anilines is 1. The highest BCUT2D eigenvalue weighted by Crippen LogP contribution is 2.14. The fraction of sp³-hybridized carbons (Fsp3) is 0.333. The third-order valence-electron chi connectivity index (χ3n) is 3.19. The van der Waals surface area contributed by atoms with E-state index in [9.17, 15) is 8.78 Å².